The van der Waals surface area contributed by atoms with Gasteiger partial charge in [-0.25, -0.2) is 19.4 Å². The summed E-state index contributed by atoms with van der Waals surface area (Å²) in [5, 5.41) is 25.5. The van der Waals surface area contributed by atoms with Gasteiger partial charge in [0.2, 0.25) is 5.91 Å². The summed E-state index contributed by atoms with van der Waals surface area (Å²) >= 11 is 6.57. The van der Waals surface area contributed by atoms with E-state index in [2.05, 4.69) is 36.3 Å². The van der Waals surface area contributed by atoms with Gasteiger partial charge < -0.3 is 45.2 Å². The minimum Gasteiger partial charge on any atom is -0.477 e. The van der Waals surface area contributed by atoms with Crippen LogP contribution in [0.25, 0.3) is 17.1 Å². The van der Waals surface area contributed by atoms with Gasteiger partial charge in [-0.15, -0.1) is 0 Å². The number of carboxylic acids is 1. The van der Waals surface area contributed by atoms with Crippen molar-refractivity contribution in [3.63, 3.8) is 0 Å². The molecule has 0 aliphatic carbocycles. The van der Waals surface area contributed by atoms with Crippen LogP contribution in [0, 0.1) is 11.8 Å². The van der Waals surface area contributed by atoms with Crippen LogP contribution in [0.3, 0.4) is 0 Å². The number of piperazine rings is 1. The molecule has 0 radical (unpaired) electrons. The van der Waals surface area contributed by atoms with Gasteiger partial charge in [0.25, 0.3) is 11.8 Å². The number of hydrogen-bond donors (Lipinski definition) is 5. The second-order valence-electron chi connectivity index (χ2n) is 15.9. The molecule has 0 bridgehead atoms. The predicted molar refractivity (Wildman–Crippen MR) is 219 cm³/mol. The zero-order valence-electron chi connectivity index (χ0n) is 33.8. The average Bonchev–Trinajstić information content (AvgIpc) is 3.84. The molecule has 326 valence electrons. The van der Waals surface area contributed by atoms with E-state index >= 15 is 0 Å². The highest BCUT2D eigenvalue weighted by Crippen LogP contribution is 2.37. The van der Waals surface area contributed by atoms with Crippen molar-refractivity contribution in [2.75, 3.05) is 96.2 Å². The fraction of sp³-hybridized carbons (Fsp3) is 0.475. The van der Waals surface area contributed by atoms with Gasteiger partial charge in [0.15, 0.2) is 23.9 Å². The zero-order valence-corrected chi connectivity index (χ0v) is 34.6. The Labute approximate surface area is 354 Å². The molecular formula is C40H49ClF3N12O5+. The quantitative estimate of drug-likeness (QED) is 0.0925. The monoisotopic (exact) mass is 869 g/mol. The summed E-state index contributed by atoms with van der Waals surface area (Å²) in [4.78, 5) is 63.9. The van der Waals surface area contributed by atoms with Crippen molar-refractivity contribution in [2.45, 2.75) is 19.0 Å². The van der Waals surface area contributed by atoms with Gasteiger partial charge in [0.05, 0.1) is 59.6 Å². The Morgan fingerprint density at radius 3 is 2.28 bits per heavy atom. The molecule has 3 aliphatic heterocycles. The Morgan fingerprint density at radius 1 is 0.967 bits per heavy atom. The first-order valence-electron chi connectivity index (χ1n) is 20.1. The Hall–Kier alpha value is -5.57. The highest BCUT2D eigenvalue weighted by molar-refractivity contribution is 6.34. The summed E-state index contributed by atoms with van der Waals surface area (Å²) in [7, 11) is 3.23. The summed E-state index contributed by atoms with van der Waals surface area (Å²) in [5.41, 5.74) is -0.378. The van der Waals surface area contributed by atoms with Gasteiger partial charge in [-0.3, -0.25) is 14.4 Å². The van der Waals surface area contributed by atoms with Crippen molar-refractivity contribution >= 4 is 46.7 Å². The maximum atomic E-state index is 14.2. The molecule has 7 rings (SSSR count). The van der Waals surface area contributed by atoms with E-state index in [1.54, 1.807) is 15.9 Å². The number of piperidine rings is 1. The number of imidazole rings is 1. The number of carboxylic acid groups (broad SMARTS) is 1. The number of benzene rings is 1. The topological polar surface area (TPSA) is 192 Å². The van der Waals surface area contributed by atoms with Crippen molar-refractivity contribution in [3.05, 3.63) is 71.0 Å². The number of anilines is 2. The molecule has 3 aliphatic rings. The number of carbonyl (C=O) groups is 4. The van der Waals surface area contributed by atoms with E-state index in [4.69, 9.17) is 11.6 Å². The van der Waals surface area contributed by atoms with E-state index in [1.165, 1.54) is 48.3 Å². The van der Waals surface area contributed by atoms with E-state index < -0.39 is 23.7 Å². The van der Waals surface area contributed by atoms with Crippen LogP contribution in [0.2, 0.25) is 5.02 Å². The lowest BCUT2D eigenvalue weighted by Gasteiger charge is -2.46. The first kappa shape index (κ1) is 43.5. The number of likely N-dealkylation sites (tertiary alicyclic amines) is 1. The number of nitrogens with one attached hydrogen (secondary N) is 4. The largest absolute Gasteiger partial charge is 0.477 e. The molecule has 0 saturated carbocycles. The maximum absolute atomic E-state index is 14.2. The summed E-state index contributed by atoms with van der Waals surface area (Å²) in [6.07, 6.45) is 0.260. The second-order valence-corrected chi connectivity index (χ2v) is 16.3. The number of quaternary nitrogens is 1. The lowest BCUT2D eigenvalue weighted by molar-refractivity contribution is -0.929. The van der Waals surface area contributed by atoms with E-state index in [0.717, 1.165) is 30.5 Å². The molecule has 0 spiro atoms. The third-order valence-electron chi connectivity index (χ3n) is 11.7. The molecule has 3 fully saturated rings. The number of hydrogen-bond acceptors (Lipinski definition) is 10. The van der Waals surface area contributed by atoms with Crippen molar-refractivity contribution in [1.29, 1.82) is 0 Å². The van der Waals surface area contributed by atoms with Gasteiger partial charge in [0, 0.05) is 96.0 Å². The van der Waals surface area contributed by atoms with Gasteiger partial charge in [-0.05, 0) is 37.4 Å². The van der Waals surface area contributed by atoms with Crippen LogP contribution in [-0.4, -0.2) is 153 Å². The van der Waals surface area contributed by atoms with E-state index in [0.29, 0.717) is 81.3 Å². The highest BCUT2D eigenvalue weighted by Gasteiger charge is 2.42. The average molecular weight is 870 g/mol. The summed E-state index contributed by atoms with van der Waals surface area (Å²) in [5.74, 6) is -1.62. The number of pyridine rings is 1. The third-order valence-corrected chi connectivity index (χ3v) is 12.0. The molecule has 0 atom stereocenters. The van der Waals surface area contributed by atoms with E-state index in [1.807, 2.05) is 7.05 Å². The number of alkyl halides is 3. The number of likely N-dealkylation sites (N-methyl/N-ethyl adjacent to an activating group) is 1. The molecule has 3 amide bonds. The van der Waals surface area contributed by atoms with Crippen LogP contribution in [-0.2, 0) is 22.8 Å². The van der Waals surface area contributed by atoms with Crippen molar-refractivity contribution in [3.8, 4) is 17.1 Å². The van der Waals surface area contributed by atoms with Crippen LogP contribution in [0.15, 0.2) is 48.9 Å². The molecular weight excluding hydrogens is 821 g/mol. The molecule has 5 N–H and O–H groups in total. The minimum atomic E-state index is -4.83. The molecule has 61 heavy (non-hydrogen) atoms. The highest BCUT2D eigenvalue weighted by atomic mass is 35.5. The Bertz CT molecular complexity index is 2250. The summed E-state index contributed by atoms with van der Waals surface area (Å²) in [6, 6.07) is 7.60. The number of aromatic nitrogens is 5. The van der Waals surface area contributed by atoms with Crippen molar-refractivity contribution in [2.24, 2.45) is 18.9 Å². The number of rotatable bonds is 14. The van der Waals surface area contributed by atoms with Crippen LogP contribution in [0.4, 0.5) is 24.5 Å². The molecule has 3 aromatic heterocycles. The molecule has 6 heterocycles. The molecule has 0 unspecified atom stereocenters. The first-order valence-corrected chi connectivity index (χ1v) is 20.5. The second kappa shape index (κ2) is 18.2. The summed E-state index contributed by atoms with van der Waals surface area (Å²) in [6.45, 7) is 6.59. The number of halogens is 4. The fourth-order valence-electron chi connectivity index (χ4n) is 8.31. The summed E-state index contributed by atoms with van der Waals surface area (Å²) < 4.78 is 45.5. The zero-order chi connectivity index (χ0) is 43.5. The Morgan fingerprint density at radius 2 is 1.67 bits per heavy atom. The normalized spacial score (nSPS) is 19.7. The number of carbonyl (C=O) groups excluding carboxylic acids is 3. The van der Waals surface area contributed by atoms with E-state index in [-0.39, 0.29) is 63.5 Å². The van der Waals surface area contributed by atoms with Crippen LogP contribution in [0.5, 0.6) is 0 Å². The standard InChI is InChI=1S/C40H48ClF3N12O5/c1-45-9-10-47-28-4-6-33(48-20-28)55-22-30(35(51-55)40(42,43)44)32-21-49-36(52(32)2)37(59)50-27-3-5-29(31(41)17-27)39(61)54-13-11-53(12-14-54)38(60)26-7-15-56(16-8-26,24-34(57)58)23-25-18-46-19-25/h3-6,17,20-22,25-26,45-47H,7-16,18-19,23-24H2,1-2H3,(H-,50,57,58,59,61)/p+1. The molecule has 21 heteroatoms. The van der Waals surface area contributed by atoms with Crippen LogP contribution < -0.4 is 21.3 Å². The fourth-order valence-corrected chi connectivity index (χ4v) is 8.57. The Kier molecular flexibility index (Phi) is 13.0. The minimum absolute atomic E-state index is 0.0113. The molecule has 17 nitrogen and oxygen atoms in total. The lowest BCUT2D eigenvalue weighted by Crippen LogP contribution is -2.62. The van der Waals surface area contributed by atoms with Crippen LogP contribution >= 0.6 is 11.6 Å². The lowest BCUT2D eigenvalue weighted by atomic mass is 9.90. The molecule has 1 aromatic carbocycles. The van der Waals surface area contributed by atoms with Gasteiger partial charge >= 0.3 is 12.1 Å². The van der Waals surface area contributed by atoms with Gasteiger partial charge in [0.1, 0.15) is 0 Å². The van der Waals surface area contributed by atoms with Crippen molar-refractivity contribution in [1.82, 2.24) is 44.7 Å². The maximum Gasteiger partial charge on any atom is 0.435 e. The molecule has 4 aromatic rings. The molecule has 3 saturated heterocycles. The number of amides is 3. The van der Waals surface area contributed by atoms with Gasteiger partial charge in [-0.2, -0.15) is 18.3 Å². The number of nitrogens with zero attached hydrogens (tertiary/aromatic N) is 8. The van der Waals surface area contributed by atoms with E-state index in [9.17, 15) is 37.5 Å². The number of aliphatic carboxylic acids is 1. The SMILES string of the molecule is CNCCNc1ccc(-n2cc(-c3cnc(C(=O)Nc4ccc(C(=O)N5CCN(C(=O)C6CC[N+](CC(=O)O)(CC7CNC7)CC6)CC5)c(Cl)c4)n3C)c(C(F)(F)F)n2)nc1. The first-order chi connectivity index (χ1) is 29.1. The third kappa shape index (κ3) is 9.82. The van der Waals surface area contributed by atoms with Gasteiger partial charge in [-0.1, -0.05) is 11.6 Å². The Balaban J connectivity index is 0.951. The van der Waals surface area contributed by atoms with Crippen LogP contribution in [0.1, 0.15) is 39.5 Å². The smallest absolute Gasteiger partial charge is 0.435 e. The predicted octanol–water partition coefficient (Wildman–Crippen LogP) is 3.04. The van der Waals surface area contributed by atoms with Crippen molar-refractivity contribution < 1.29 is 41.9 Å².